The highest BCUT2D eigenvalue weighted by Gasteiger charge is 2.48. The molecule has 2 aliphatic rings. The van der Waals surface area contributed by atoms with Crippen LogP contribution in [0.4, 0.5) is 10.1 Å². The highest BCUT2D eigenvalue weighted by Crippen LogP contribution is 2.45. The first-order valence-electron chi connectivity index (χ1n) is 9.57. The van der Waals surface area contributed by atoms with Gasteiger partial charge < -0.3 is 14.5 Å². The lowest BCUT2D eigenvalue weighted by molar-refractivity contribution is -0.141. The Morgan fingerprint density at radius 3 is 2.41 bits per heavy atom. The van der Waals surface area contributed by atoms with E-state index in [1.54, 1.807) is 13.2 Å². The molecule has 4 nitrogen and oxygen atoms in total. The average Bonchev–Trinajstić information content (AvgIpc) is 2.67. The molecule has 0 atom stereocenters. The van der Waals surface area contributed by atoms with E-state index in [2.05, 4.69) is 11.0 Å². The molecule has 2 aromatic carbocycles. The Balaban J connectivity index is 1.48. The molecule has 2 fully saturated rings. The van der Waals surface area contributed by atoms with Gasteiger partial charge in [0.2, 0.25) is 5.91 Å². The van der Waals surface area contributed by atoms with Gasteiger partial charge in [0.05, 0.1) is 18.2 Å². The van der Waals surface area contributed by atoms with E-state index in [-0.39, 0.29) is 11.7 Å². The van der Waals surface area contributed by atoms with Crippen LogP contribution < -0.4 is 9.64 Å². The van der Waals surface area contributed by atoms with Gasteiger partial charge in [-0.25, -0.2) is 4.39 Å². The third-order valence-electron chi connectivity index (χ3n) is 5.99. The second-order valence-corrected chi connectivity index (χ2v) is 7.40. The monoisotopic (exact) mass is 368 g/mol. The van der Waals surface area contributed by atoms with Crippen molar-refractivity contribution < 1.29 is 13.9 Å². The largest absolute Gasteiger partial charge is 0.495 e. The minimum Gasteiger partial charge on any atom is -0.495 e. The molecule has 1 aliphatic heterocycles. The van der Waals surface area contributed by atoms with Gasteiger partial charge in [-0.2, -0.15) is 0 Å². The van der Waals surface area contributed by atoms with Crippen LogP contribution in [0, 0.1) is 5.82 Å². The van der Waals surface area contributed by atoms with Crippen molar-refractivity contribution in [1.29, 1.82) is 0 Å². The lowest BCUT2D eigenvalue weighted by Gasteiger charge is -2.46. The highest BCUT2D eigenvalue weighted by atomic mass is 19.1. The molecule has 4 rings (SSSR count). The SMILES string of the molecule is COc1ccccc1N1CCN(C(=O)C2(c3cccc(F)c3)CCC2)CC1. The maximum atomic E-state index is 13.7. The molecule has 2 aromatic rings. The number of carbonyl (C=O) groups is 1. The fourth-order valence-corrected chi connectivity index (χ4v) is 4.29. The first kappa shape index (κ1) is 17.8. The minimum absolute atomic E-state index is 0.152. The molecule has 0 spiro atoms. The van der Waals surface area contributed by atoms with Crippen molar-refractivity contribution >= 4 is 11.6 Å². The summed E-state index contributed by atoms with van der Waals surface area (Å²) in [5.41, 5.74) is 1.36. The molecule has 0 aromatic heterocycles. The molecule has 1 aliphatic carbocycles. The van der Waals surface area contributed by atoms with Crippen molar-refractivity contribution in [2.75, 3.05) is 38.2 Å². The van der Waals surface area contributed by atoms with Crippen LogP contribution >= 0.6 is 0 Å². The summed E-state index contributed by atoms with van der Waals surface area (Å²) >= 11 is 0. The first-order chi connectivity index (χ1) is 13.1. The molecule has 5 heteroatoms. The van der Waals surface area contributed by atoms with E-state index in [1.807, 2.05) is 29.2 Å². The minimum atomic E-state index is -0.533. The molecule has 27 heavy (non-hydrogen) atoms. The van der Waals surface area contributed by atoms with Crippen molar-refractivity contribution in [2.24, 2.45) is 0 Å². The molecule has 1 saturated heterocycles. The van der Waals surface area contributed by atoms with Gasteiger partial charge >= 0.3 is 0 Å². The fourth-order valence-electron chi connectivity index (χ4n) is 4.29. The van der Waals surface area contributed by atoms with Gasteiger partial charge in [0.15, 0.2) is 0 Å². The topological polar surface area (TPSA) is 32.8 Å². The number of hydrogen-bond acceptors (Lipinski definition) is 3. The fraction of sp³-hybridized carbons (Fsp3) is 0.409. The third kappa shape index (κ3) is 3.15. The maximum absolute atomic E-state index is 13.7. The predicted octanol–water partition coefficient (Wildman–Crippen LogP) is 3.60. The highest BCUT2D eigenvalue weighted by molar-refractivity contribution is 5.89. The van der Waals surface area contributed by atoms with Gasteiger partial charge in [-0.1, -0.05) is 30.7 Å². The van der Waals surface area contributed by atoms with E-state index in [4.69, 9.17) is 4.74 Å². The smallest absolute Gasteiger partial charge is 0.233 e. The summed E-state index contributed by atoms with van der Waals surface area (Å²) in [6.07, 6.45) is 2.63. The molecule has 0 N–H and O–H groups in total. The number of anilines is 1. The summed E-state index contributed by atoms with van der Waals surface area (Å²) in [6, 6.07) is 14.5. The van der Waals surface area contributed by atoms with Crippen LogP contribution in [0.5, 0.6) is 5.75 Å². The second-order valence-electron chi connectivity index (χ2n) is 7.40. The number of para-hydroxylation sites is 2. The van der Waals surface area contributed by atoms with E-state index in [9.17, 15) is 9.18 Å². The van der Waals surface area contributed by atoms with E-state index < -0.39 is 5.41 Å². The van der Waals surface area contributed by atoms with Crippen LogP contribution in [0.25, 0.3) is 0 Å². The zero-order valence-electron chi connectivity index (χ0n) is 15.7. The summed E-state index contributed by atoms with van der Waals surface area (Å²) < 4.78 is 19.2. The van der Waals surface area contributed by atoms with Crippen molar-refractivity contribution in [3.8, 4) is 5.75 Å². The van der Waals surface area contributed by atoms with Crippen molar-refractivity contribution in [2.45, 2.75) is 24.7 Å². The molecule has 0 bridgehead atoms. The van der Waals surface area contributed by atoms with Crippen molar-refractivity contribution in [1.82, 2.24) is 4.90 Å². The van der Waals surface area contributed by atoms with Crippen LogP contribution in [0.15, 0.2) is 48.5 Å². The number of benzene rings is 2. The Kier molecular flexibility index (Phi) is 4.77. The number of halogens is 1. The summed E-state index contributed by atoms with van der Waals surface area (Å²) in [5.74, 6) is 0.735. The number of hydrogen-bond donors (Lipinski definition) is 0. The molecule has 0 radical (unpaired) electrons. The number of amides is 1. The lowest BCUT2D eigenvalue weighted by Crippen LogP contribution is -2.56. The lowest BCUT2D eigenvalue weighted by atomic mass is 9.63. The van der Waals surface area contributed by atoms with E-state index in [1.165, 1.54) is 12.1 Å². The van der Waals surface area contributed by atoms with Gasteiger partial charge in [0, 0.05) is 26.2 Å². The Bertz CT molecular complexity index is 827. The Morgan fingerprint density at radius 1 is 1.04 bits per heavy atom. The number of carbonyl (C=O) groups excluding carboxylic acids is 1. The van der Waals surface area contributed by atoms with Crippen molar-refractivity contribution in [3.63, 3.8) is 0 Å². The van der Waals surface area contributed by atoms with Gasteiger partial charge in [0.1, 0.15) is 11.6 Å². The van der Waals surface area contributed by atoms with Gasteiger partial charge in [-0.3, -0.25) is 4.79 Å². The number of rotatable bonds is 4. The number of ether oxygens (including phenoxy) is 1. The first-order valence-corrected chi connectivity index (χ1v) is 9.57. The van der Waals surface area contributed by atoms with E-state index in [0.717, 1.165) is 49.4 Å². The summed E-state index contributed by atoms with van der Waals surface area (Å²) in [5, 5.41) is 0. The Hall–Kier alpha value is -2.56. The zero-order valence-corrected chi connectivity index (χ0v) is 15.7. The molecule has 0 unspecified atom stereocenters. The summed E-state index contributed by atoms with van der Waals surface area (Å²) in [6.45, 7) is 2.89. The van der Waals surface area contributed by atoms with Crippen LogP contribution in [0.1, 0.15) is 24.8 Å². The molecule has 1 amide bonds. The molecular weight excluding hydrogens is 343 g/mol. The second kappa shape index (κ2) is 7.22. The van der Waals surface area contributed by atoms with Gasteiger partial charge in [0.25, 0.3) is 0 Å². The van der Waals surface area contributed by atoms with E-state index in [0.29, 0.717) is 13.1 Å². The van der Waals surface area contributed by atoms with Crippen LogP contribution in [0.3, 0.4) is 0 Å². The molecule has 1 saturated carbocycles. The summed E-state index contributed by atoms with van der Waals surface area (Å²) in [7, 11) is 1.68. The average molecular weight is 368 g/mol. The maximum Gasteiger partial charge on any atom is 0.233 e. The Morgan fingerprint density at radius 2 is 1.78 bits per heavy atom. The standard InChI is InChI=1S/C22H25FN2O2/c1-27-20-9-3-2-8-19(20)24-12-14-25(15-13-24)21(26)22(10-5-11-22)17-6-4-7-18(23)16-17/h2-4,6-9,16H,5,10-15H2,1H3. The van der Waals surface area contributed by atoms with Crippen molar-refractivity contribution in [3.05, 3.63) is 59.9 Å². The Labute approximate surface area is 159 Å². The number of nitrogens with zero attached hydrogens (tertiary/aromatic N) is 2. The van der Waals surface area contributed by atoms with E-state index >= 15 is 0 Å². The molecular formula is C22H25FN2O2. The van der Waals surface area contributed by atoms with Gasteiger partial charge in [-0.15, -0.1) is 0 Å². The van der Waals surface area contributed by atoms with Crippen LogP contribution in [-0.2, 0) is 10.2 Å². The predicted molar refractivity (Wildman–Crippen MR) is 104 cm³/mol. The number of piperazine rings is 1. The molecule has 142 valence electrons. The van der Waals surface area contributed by atoms with Gasteiger partial charge in [-0.05, 0) is 42.7 Å². The summed E-state index contributed by atoms with van der Waals surface area (Å²) in [4.78, 5) is 17.6. The zero-order chi connectivity index (χ0) is 18.9. The molecule has 1 heterocycles. The normalized spacial score (nSPS) is 18.7. The number of methoxy groups -OCH3 is 1. The third-order valence-corrected chi connectivity index (χ3v) is 5.99. The van der Waals surface area contributed by atoms with Crippen LogP contribution in [0.2, 0.25) is 0 Å². The van der Waals surface area contributed by atoms with Crippen LogP contribution in [-0.4, -0.2) is 44.1 Å². The quantitative estimate of drug-likeness (QED) is 0.827.